The summed E-state index contributed by atoms with van der Waals surface area (Å²) < 4.78 is 5.83. The van der Waals surface area contributed by atoms with Gasteiger partial charge in [-0.25, -0.2) is 0 Å². The van der Waals surface area contributed by atoms with E-state index in [-0.39, 0.29) is 6.42 Å². The average Bonchev–Trinajstić information content (AvgIpc) is 2.63. The van der Waals surface area contributed by atoms with Crippen molar-refractivity contribution in [2.45, 2.75) is 26.7 Å². The van der Waals surface area contributed by atoms with Gasteiger partial charge in [0.2, 0.25) is 0 Å². The van der Waals surface area contributed by atoms with E-state index in [1.165, 1.54) is 0 Å². The van der Waals surface area contributed by atoms with Crippen LogP contribution in [0.3, 0.4) is 0 Å². The van der Waals surface area contributed by atoms with Gasteiger partial charge in [0.15, 0.2) is 0 Å². The highest BCUT2D eigenvalue weighted by Gasteiger charge is 2.16. The molecule has 0 saturated heterocycles. The van der Waals surface area contributed by atoms with E-state index in [4.69, 9.17) is 4.74 Å². The van der Waals surface area contributed by atoms with Gasteiger partial charge in [0.25, 0.3) is 0 Å². The van der Waals surface area contributed by atoms with Gasteiger partial charge in [-0.2, -0.15) is 0 Å². The van der Waals surface area contributed by atoms with Gasteiger partial charge in [0.1, 0.15) is 5.75 Å². The molecule has 0 saturated carbocycles. The highest BCUT2D eigenvalue weighted by Crippen LogP contribution is 2.35. The monoisotopic (exact) mass is 350 g/mol. The smallest absolute Gasteiger partial charge is 0.307 e. The number of aromatic nitrogens is 1. The number of aliphatic carboxylic acids is 1. The maximum atomic E-state index is 11.4. The second-order valence-corrected chi connectivity index (χ2v) is 6.11. The molecule has 1 aromatic heterocycles. The van der Waals surface area contributed by atoms with Crippen LogP contribution in [0.1, 0.15) is 24.6 Å². The first-order valence-electron chi connectivity index (χ1n) is 8.69. The predicted molar refractivity (Wildman–Crippen MR) is 103 cm³/mol. The topological polar surface area (TPSA) is 71.5 Å². The number of hydrogen-bond donors (Lipinski definition) is 2. The minimum Gasteiger partial charge on any atom is -0.491 e. The quantitative estimate of drug-likeness (QED) is 0.646. The molecule has 3 aromatic rings. The van der Waals surface area contributed by atoms with Crippen LogP contribution in [0.25, 0.3) is 10.9 Å². The Morgan fingerprint density at radius 2 is 1.88 bits per heavy atom. The summed E-state index contributed by atoms with van der Waals surface area (Å²) in [5.74, 6) is -0.141. The van der Waals surface area contributed by atoms with E-state index in [9.17, 15) is 9.90 Å². The van der Waals surface area contributed by atoms with E-state index < -0.39 is 5.97 Å². The molecule has 0 aliphatic heterocycles. The fourth-order valence-corrected chi connectivity index (χ4v) is 2.93. The molecule has 0 amide bonds. The molecule has 0 spiro atoms. The Bertz CT molecular complexity index is 938. The van der Waals surface area contributed by atoms with Crippen molar-refractivity contribution in [1.29, 1.82) is 0 Å². The molecule has 3 rings (SSSR count). The molecule has 0 atom stereocenters. The van der Waals surface area contributed by atoms with Crippen molar-refractivity contribution in [3.63, 3.8) is 0 Å². The minimum absolute atomic E-state index is 0.0933. The first kappa shape index (κ1) is 17.7. The first-order valence-corrected chi connectivity index (χ1v) is 8.69. The number of ether oxygens (including phenoxy) is 1. The SMILES string of the molecule is CCCOc1ccccc1Nc1c(CC(=O)O)c(C)nc2ccccc12. The molecule has 5 nitrogen and oxygen atoms in total. The van der Waals surface area contributed by atoms with Crippen molar-refractivity contribution in [3.05, 3.63) is 59.8 Å². The molecule has 0 unspecified atom stereocenters. The number of hydrogen-bond acceptors (Lipinski definition) is 4. The van der Waals surface area contributed by atoms with Crippen LogP contribution in [0.5, 0.6) is 5.75 Å². The van der Waals surface area contributed by atoms with Crippen LogP contribution in [0.2, 0.25) is 0 Å². The molecular weight excluding hydrogens is 328 g/mol. The molecular formula is C21H22N2O3. The lowest BCUT2D eigenvalue weighted by Crippen LogP contribution is -2.09. The lowest BCUT2D eigenvalue weighted by Gasteiger charge is -2.18. The molecule has 5 heteroatoms. The third kappa shape index (κ3) is 3.77. The van der Waals surface area contributed by atoms with Crippen LogP contribution in [-0.2, 0) is 11.2 Å². The third-order valence-electron chi connectivity index (χ3n) is 4.14. The number of nitrogens with one attached hydrogen (secondary N) is 1. The number of nitrogens with zero attached hydrogens (tertiary/aromatic N) is 1. The van der Waals surface area contributed by atoms with Gasteiger partial charge in [-0.15, -0.1) is 0 Å². The van der Waals surface area contributed by atoms with Gasteiger partial charge in [0.05, 0.1) is 29.9 Å². The summed E-state index contributed by atoms with van der Waals surface area (Å²) in [7, 11) is 0. The van der Waals surface area contributed by atoms with Crippen molar-refractivity contribution in [3.8, 4) is 5.75 Å². The second-order valence-electron chi connectivity index (χ2n) is 6.11. The number of carboxylic acid groups (broad SMARTS) is 1. The van der Waals surface area contributed by atoms with Crippen LogP contribution in [0.15, 0.2) is 48.5 Å². The number of carboxylic acids is 1. The van der Waals surface area contributed by atoms with E-state index in [0.29, 0.717) is 17.9 Å². The number of fused-ring (bicyclic) bond motifs is 1. The van der Waals surface area contributed by atoms with Crippen LogP contribution in [-0.4, -0.2) is 22.7 Å². The Labute approximate surface area is 152 Å². The van der Waals surface area contributed by atoms with E-state index in [1.807, 2.05) is 55.5 Å². The van der Waals surface area contributed by atoms with E-state index in [2.05, 4.69) is 17.2 Å². The molecule has 2 N–H and O–H groups in total. The fourth-order valence-electron chi connectivity index (χ4n) is 2.93. The fraction of sp³-hybridized carbons (Fsp3) is 0.238. The Balaban J connectivity index is 2.13. The van der Waals surface area contributed by atoms with Crippen LogP contribution in [0, 0.1) is 6.92 Å². The summed E-state index contributed by atoms with van der Waals surface area (Å²) in [6, 6.07) is 15.4. The van der Waals surface area contributed by atoms with E-state index >= 15 is 0 Å². The number of pyridine rings is 1. The third-order valence-corrected chi connectivity index (χ3v) is 4.14. The zero-order chi connectivity index (χ0) is 18.5. The van der Waals surface area contributed by atoms with Crippen LogP contribution >= 0.6 is 0 Å². The Hall–Kier alpha value is -3.08. The number of rotatable bonds is 7. The van der Waals surface area contributed by atoms with E-state index in [1.54, 1.807) is 0 Å². The summed E-state index contributed by atoms with van der Waals surface area (Å²) in [5, 5.41) is 13.6. The number of carbonyl (C=O) groups is 1. The molecule has 134 valence electrons. The number of anilines is 2. The summed E-state index contributed by atoms with van der Waals surface area (Å²) in [6.07, 6.45) is 0.819. The second kappa shape index (κ2) is 7.87. The summed E-state index contributed by atoms with van der Waals surface area (Å²) in [5.41, 5.74) is 3.79. The number of para-hydroxylation sites is 3. The standard InChI is InChI=1S/C21H22N2O3/c1-3-12-26-19-11-7-6-10-18(19)23-21-15-8-4-5-9-17(15)22-14(2)16(21)13-20(24)25/h4-11H,3,12-13H2,1-2H3,(H,22,23)(H,24,25). The highest BCUT2D eigenvalue weighted by atomic mass is 16.5. The first-order chi connectivity index (χ1) is 12.6. The Kier molecular flexibility index (Phi) is 5.37. The normalized spacial score (nSPS) is 10.7. The van der Waals surface area contributed by atoms with Gasteiger partial charge in [-0.05, 0) is 31.5 Å². The minimum atomic E-state index is -0.885. The lowest BCUT2D eigenvalue weighted by molar-refractivity contribution is -0.136. The van der Waals surface area contributed by atoms with Crippen molar-refractivity contribution in [1.82, 2.24) is 4.98 Å². The molecule has 0 fully saturated rings. The molecule has 0 bridgehead atoms. The molecule has 0 aliphatic rings. The maximum Gasteiger partial charge on any atom is 0.307 e. The molecule has 0 radical (unpaired) electrons. The van der Waals surface area contributed by atoms with Gasteiger partial charge in [-0.1, -0.05) is 37.3 Å². The Morgan fingerprint density at radius 1 is 1.15 bits per heavy atom. The largest absolute Gasteiger partial charge is 0.491 e. The van der Waals surface area contributed by atoms with Gasteiger partial charge in [-0.3, -0.25) is 9.78 Å². The number of aryl methyl sites for hydroxylation is 1. The number of benzene rings is 2. The van der Waals surface area contributed by atoms with Crippen LogP contribution in [0.4, 0.5) is 11.4 Å². The Morgan fingerprint density at radius 3 is 2.65 bits per heavy atom. The highest BCUT2D eigenvalue weighted by molar-refractivity contribution is 5.97. The maximum absolute atomic E-state index is 11.4. The van der Waals surface area contributed by atoms with Crippen molar-refractivity contribution in [2.75, 3.05) is 11.9 Å². The average molecular weight is 350 g/mol. The lowest BCUT2D eigenvalue weighted by atomic mass is 10.0. The zero-order valence-corrected chi connectivity index (χ0v) is 15.0. The molecule has 26 heavy (non-hydrogen) atoms. The summed E-state index contributed by atoms with van der Waals surface area (Å²) in [6.45, 7) is 4.52. The summed E-state index contributed by atoms with van der Waals surface area (Å²) in [4.78, 5) is 16.0. The van der Waals surface area contributed by atoms with Crippen molar-refractivity contribution >= 4 is 28.2 Å². The van der Waals surface area contributed by atoms with Gasteiger partial charge >= 0.3 is 5.97 Å². The van der Waals surface area contributed by atoms with Gasteiger partial charge in [0, 0.05) is 16.6 Å². The molecule has 0 aliphatic carbocycles. The molecule has 1 heterocycles. The summed E-state index contributed by atoms with van der Waals surface area (Å²) >= 11 is 0. The van der Waals surface area contributed by atoms with E-state index in [0.717, 1.165) is 34.4 Å². The van der Waals surface area contributed by atoms with Gasteiger partial charge < -0.3 is 15.2 Å². The molecule has 2 aromatic carbocycles. The zero-order valence-electron chi connectivity index (χ0n) is 15.0. The predicted octanol–water partition coefficient (Wildman–Crippen LogP) is 4.70. The van der Waals surface area contributed by atoms with Crippen LogP contribution < -0.4 is 10.1 Å². The van der Waals surface area contributed by atoms with Crippen molar-refractivity contribution in [2.24, 2.45) is 0 Å². The van der Waals surface area contributed by atoms with Crippen molar-refractivity contribution < 1.29 is 14.6 Å².